The lowest BCUT2D eigenvalue weighted by atomic mass is 9.99. The molecule has 1 aliphatic carbocycles. The maximum atomic E-state index is 5.94. The Kier molecular flexibility index (Phi) is 1.46. The molecule has 1 saturated heterocycles. The number of epoxide rings is 1. The lowest BCUT2D eigenvalue weighted by Crippen LogP contribution is -2.30. The van der Waals surface area contributed by atoms with Crippen LogP contribution in [0.1, 0.15) is 19.3 Å². The summed E-state index contributed by atoms with van der Waals surface area (Å²) in [6.45, 7) is 0. The minimum absolute atomic E-state index is 0.140. The lowest BCUT2D eigenvalue weighted by molar-refractivity contribution is 0.349. The van der Waals surface area contributed by atoms with Crippen LogP contribution < -0.4 is 0 Å². The summed E-state index contributed by atoms with van der Waals surface area (Å²) in [7, 11) is 0. The van der Waals surface area contributed by atoms with Crippen LogP contribution in [0.3, 0.4) is 0 Å². The van der Waals surface area contributed by atoms with E-state index in [1.54, 1.807) is 0 Å². The zero-order valence-corrected chi connectivity index (χ0v) is 7.51. The molecular weight excluding hydrogens is 194 g/mol. The SMILES string of the molecule is ClC1(Cl)CCC[C@@]2(Cl)O[C@H]12. The molecule has 2 fully saturated rings. The van der Waals surface area contributed by atoms with Crippen LogP contribution in [0.25, 0.3) is 0 Å². The summed E-state index contributed by atoms with van der Waals surface area (Å²) >= 11 is 17.8. The molecule has 0 spiro atoms. The minimum Gasteiger partial charge on any atom is -0.346 e. The Bertz CT molecular complexity index is 170. The molecule has 4 heteroatoms. The summed E-state index contributed by atoms with van der Waals surface area (Å²) < 4.78 is 4.45. The van der Waals surface area contributed by atoms with Crippen LogP contribution in [-0.2, 0) is 4.74 Å². The zero-order chi connectivity index (χ0) is 7.41. The predicted molar refractivity (Wildman–Crippen MR) is 41.7 cm³/mol. The monoisotopic (exact) mass is 200 g/mol. The number of ether oxygens (including phenoxy) is 1. The molecule has 0 radical (unpaired) electrons. The molecule has 10 heavy (non-hydrogen) atoms. The van der Waals surface area contributed by atoms with E-state index in [1.165, 1.54) is 0 Å². The van der Waals surface area contributed by atoms with Crippen molar-refractivity contribution < 1.29 is 4.74 Å². The van der Waals surface area contributed by atoms with Gasteiger partial charge >= 0.3 is 0 Å². The lowest BCUT2D eigenvalue weighted by Gasteiger charge is -2.22. The highest BCUT2D eigenvalue weighted by molar-refractivity contribution is 6.50. The third kappa shape index (κ3) is 0.953. The van der Waals surface area contributed by atoms with Crippen molar-refractivity contribution in [3.05, 3.63) is 0 Å². The topological polar surface area (TPSA) is 12.5 Å². The summed E-state index contributed by atoms with van der Waals surface area (Å²) in [5, 5.41) is -0.512. The summed E-state index contributed by atoms with van der Waals surface area (Å²) in [6, 6.07) is 0. The van der Waals surface area contributed by atoms with Gasteiger partial charge in [0, 0.05) is 0 Å². The number of halogens is 3. The average molecular weight is 201 g/mol. The van der Waals surface area contributed by atoms with Gasteiger partial charge in [0.15, 0.2) is 5.06 Å². The van der Waals surface area contributed by atoms with Crippen LogP contribution >= 0.6 is 34.8 Å². The van der Waals surface area contributed by atoms with Gasteiger partial charge in [0.25, 0.3) is 0 Å². The molecule has 2 rings (SSSR count). The van der Waals surface area contributed by atoms with E-state index in [2.05, 4.69) is 0 Å². The Hall–Kier alpha value is 0.830. The van der Waals surface area contributed by atoms with E-state index in [0.29, 0.717) is 0 Å². The largest absolute Gasteiger partial charge is 0.346 e. The molecule has 0 aromatic carbocycles. The first kappa shape index (κ1) is 7.48. The number of hydrogen-bond donors (Lipinski definition) is 0. The molecule has 2 aliphatic rings. The van der Waals surface area contributed by atoms with E-state index in [0.717, 1.165) is 19.3 Å². The Morgan fingerprint density at radius 3 is 2.40 bits per heavy atom. The molecule has 1 aliphatic heterocycles. The van der Waals surface area contributed by atoms with Crippen molar-refractivity contribution >= 4 is 34.8 Å². The molecule has 58 valence electrons. The molecule has 0 bridgehead atoms. The standard InChI is InChI=1S/C6H7Cl3O/c7-5(8)2-1-3-6(9)4(5)10-6/h4H,1-3H2/t4-,6-/m1/s1. The summed E-state index contributed by atoms with van der Waals surface area (Å²) in [6.07, 6.45) is 2.47. The van der Waals surface area contributed by atoms with Gasteiger partial charge in [-0.3, -0.25) is 0 Å². The third-order valence-electron chi connectivity index (χ3n) is 2.06. The van der Waals surface area contributed by atoms with E-state index in [1.807, 2.05) is 0 Å². The van der Waals surface area contributed by atoms with Crippen LogP contribution in [0, 0.1) is 0 Å². The van der Waals surface area contributed by atoms with Gasteiger partial charge in [-0.25, -0.2) is 0 Å². The van der Waals surface area contributed by atoms with Crippen molar-refractivity contribution in [1.29, 1.82) is 0 Å². The van der Waals surface area contributed by atoms with E-state index in [4.69, 9.17) is 39.5 Å². The average Bonchev–Trinajstić information content (AvgIpc) is 2.41. The normalized spacial score (nSPS) is 50.1. The third-order valence-corrected chi connectivity index (χ3v) is 3.31. The van der Waals surface area contributed by atoms with Crippen molar-refractivity contribution in [2.75, 3.05) is 0 Å². The molecule has 0 unspecified atom stereocenters. The van der Waals surface area contributed by atoms with Gasteiger partial charge in [0.05, 0.1) is 0 Å². The predicted octanol–water partition coefficient (Wildman–Crippen LogP) is 2.68. The Morgan fingerprint density at radius 2 is 1.90 bits per heavy atom. The molecule has 0 aromatic rings. The van der Waals surface area contributed by atoms with Crippen LogP contribution in [0.2, 0.25) is 0 Å². The van der Waals surface area contributed by atoms with Crippen molar-refractivity contribution in [2.24, 2.45) is 0 Å². The number of hydrogen-bond acceptors (Lipinski definition) is 1. The van der Waals surface area contributed by atoms with Gasteiger partial charge in [-0.15, -0.1) is 0 Å². The van der Waals surface area contributed by atoms with Crippen molar-refractivity contribution in [1.82, 2.24) is 0 Å². The van der Waals surface area contributed by atoms with Crippen LogP contribution in [0.15, 0.2) is 0 Å². The van der Waals surface area contributed by atoms with Gasteiger partial charge in [-0.2, -0.15) is 0 Å². The molecule has 0 N–H and O–H groups in total. The number of fused-ring (bicyclic) bond motifs is 1. The quantitative estimate of drug-likeness (QED) is 0.434. The highest BCUT2D eigenvalue weighted by Crippen LogP contribution is 2.59. The van der Waals surface area contributed by atoms with Gasteiger partial charge in [-0.05, 0) is 19.3 Å². The number of rotatable bonds is 0. The fourth-order valence-electron chi connectivity index (χ4n) is 1.45. The second-order valence-corrected chi connectivity index (χ2v) is 5.08. The Morgan fingerprint density at radius 1 is 1.20 bits per heavy atom. The first-order valence-corrected chi connectivity index (χ1v) is 4.43. The number of alkyl halides is 3. The molecule has 0 aromatic heterocycles. The smallest absolute Gasteiger partial charge is 0.171 e. The van der Waals surface area contributed by atoms with Crippen molar-refractivity contribution in [3.63, 3.8) is 0 Å². The molecular formula is C6H7Cl3O. The Labute approximate surface area is 74.6 Å². The van der Waals surface area contributed by atoms with Crippen molar-refractivity contribution in [2.45, 2.75) is 34.8 Å². The van der Waals surface area contributed by atoms with Gasteiger partial charge in [0.1, 0.15) is 10.4 Å². The van der Waals surface area contributed by atoms with E-state index < -0.39 is 9.39 Å². The molecule has 1 saturated carbocycles. The first-order valence-electron chi connectivity index (χ1n) is 3.29. The second kappa shape index (κ2) is 1.95. The highest BCUT2D eigenvalue weighted by atomic mass is 35.5. The molecule has 1 nitrogen and oxygen atoms in total. The molecule has 0 amide bonds. The zero-order valence-electron chi connectivity index (χ0n) is 5.24. The van der Waals surface area contributed by atoms with E-state index >= 15 is 0 Å². The molecule has 1 heterocycles. The van der Waals surface area contributed by atoms with E-state index in [9.17, 15) is 0 Å². The maximum absolute atomic E-state index is 5.94. The van der Waals surface area contributed by atoms with E-state index in [-0.39, 0.29) is 6.10 Å². The summed E-state index contributed by atoms with van der Waals surface area (Å²) in [5.74, 6) is 0. The second-order valence-electron chi connectivity index (χ2n) is 2.90. The summed E-state index contributed by atoms with van der Waals surface area (Å²) in [4.78, 5) is 0. The minimum atomic E-state index is -0.736. The first-order chi connectivity index (χ1) is 4.55. The Balaban J connectivity index is 2.16. The highest BCUT2D eigenvalue weighted by Gasteiger charge is 2.66. The van der Waals surface area contributed by atoms with Gasteiger partial charge in [0.2, 0.25) is 0 Å². The van der Waals surface area contributed by atoms with Gasteiger partial charge < -0.3 is 4.74 Å². The fraction of sp³-hybridized carbons (Fsp3) is 1.00. The molecule has 2 atom stereocenters. The van der Waals surface area contributed by atoms with Crippen molar-refractivity contribution in [3.8, 4) is 0 Å². The maximum Gasteiger partial charge on any atom is 0.171 e. The van der Waals surface area contributed by atoms with Crippen LogP contribution in [0.5, 0.6) is 0 Å². The fourth-order valence-corrected chi connectivity index (χ4v) is 2.68. The van der Waals surface area contributed by atoms with Crippen LogP contribution in [-0.4, -0.2) is 15.5 Å². The summed E-state index contributed by atoms with van der Waals surface area (Å²) in [5.41, 5.74) is 0. The van der Waals surface area contributed by atoms with Gasteiger partial charge in [-0.1, -0.05) is 34.8 Å². The van der Waals surface area contributed by atoms with Crippen LogP contribution in [0.4, 0.5) is 0 Å².